The van der Waals surface area contributed by atoms with Crippen molar-refractivity contribution < 1.29 is 9.47 Å². The minimum atomic E-state index is 0.611. The zero-order chi connectivity index (χ0) is 11.0. The number of rotatable bonds is 2. The van der Waals surface area contributed by atoms with Crippen LogP contribution in [0, 0.1) is 0 Å². The topological polar surface area (TPSA) is 60.3 Å². The quantitative estimate of drug-likeness (QED) is 0.801. The molecule has 1 aliphatic rings. The first-order chi connectivity index (χ1) is 7.90. The number of H-pyrrole nitrogens is 1. The number of fused-ring (bicyclic) bond motifs is 2. The molecule has 2 heterocycles. The van der Waals surface area contributed by atoms with Gasteiger partial charge in [-0.25, -0.2) is 0 Å². The molecule has 0 saturated heterocycles. The van der Waals surface area contributed by atoms with Gasteiger partial charge in [0.25, 0.3) is 0 Å². The van der Waals surface area contributed by atoms with Gasteiger partial charge in [0.15, 0.2) is 11.5 Å². The molecule has 0 bridgehead atoms. The van der Waals surface area contributed by atoms with Gasteiger partial charge in [-0.3, -0.25) is 0 Å². The van der Waals surface area contributed by atoms with Gasteiger partial charge in [0.2, 0.25) is 0 Å². The molecule has 0 radical (unpaired) electrons. The van der Waals surface area contributed by atoms with Gasteiger partial charge < -0.3 is 20.2 Å². The van der Waals surface area contributed by atoms with Gasteiger partial charge in [-0.1, -0.05) is 0 Å². The first-order valence-electron chi connectivity index (χ1n) is 5.49. The molecule has 2 aromatic rings. The van der Waals surface area contributed by atoms with Gasteiger partial charge in [-0.05, 0) is 19.0 Å². The molecule has 0 saturated carbocycles. The predicted molar refractivity (Wildman–Crippen MR) is 62.0 cm³/mol. The molecule has 16 heavy (non-hydrogen) atoms. The maximum absolute atomic E-state index is 5.69. The smallest absolute Gasteiger partial charge is 0.165 e. The summed E-state index contributed by atoms with van der Waals surface area (Å²) in [5.74, 6) is 1.69. The van der Waals surface area contributed by atoms with E-state index in [1.807, 2.05) is 12.3 Å². The van der Waals surface area contributed by atoms with E-state index in [0.29, 0.717) is 19.8 Å². The fourth-order valence-electron chi connectivity index (χ4n) is 2.19. The fraction of sp³-hybridized carbons (Fsp3) is 0.333. The van der Waals surface area contributed by atoms with Gasteiger partial charge in [-0.2, -0.15) is 0 Å². The average Bonchev–Trinajstić information content (AvgIpc) is 2.77. The summed E-state index contributed by atoms with van der Waals surface area (Å²) < 4.78 is 11.3. The molecular formula is C12H14N2O2. The van der Waals surface area contributed by atoms with Crippen LogP contribution >= 0.6 is 0 Å². The fourth-order valence-corrected chi connectivity index (χ4v) is 2.19. The monoisotopic (exact) mass is 218 g/mol. The van der Waals surface area contributed by atoms with Crippen LogP contribution in [0.5, 0.6) is 11.5 Å². The van der Waals surface area contributed by atoms with Crippen molar-refractivity contribution in [3.8, 4) is 11.5 Å². The minimum absolute atomic E-state index is 0.611. The third kappa shape index (κ3) is 1.34. The second kappa shape index (κ2) is 3.72. The summed E-state index contributed by atoms with van der Waals surface area (Å²) in [5, 5.41) is 1.18. The zero-order valence-corrected chi connectivity index (χ0v) is 8.95. The lowest BCUT2D eigenvalue weighted by atomic mass is 10.0. The standard InChI is InChI=1S/C12H14N2O2/c13-3-1-9-8-2-4-14-10(8)7-11-12(9)16-6-5-15-11/h2,4,7,14H,1,3,5-6,13H2. The lowest BCUT2D eigenvalue weighted by Gasteiger charge is -2.21. The molecule has 3 N–H and O–H groups in total. The van der Waals surface area contributed by atoms with Crippen LogP contribution in [0.25, 0.3) is 10.9 Å². The molecule has 0 unspecified atom stereocenters. The first-order valence-corrected chi connectivity index (χ1v) is 5.49. The minimum Gasteiger partial charge on any atom is -0.486 e. The molecule has 1 aromatic carbocycles. The number of hydrogen-bond acceptors (Lipinski definition) is 3. The van der Waals surface area contributed by atoms with E-state index in [4.69, 9.17) is 15.2 Å². The summed E-state index contributed by atoms with van der Waals surface area (Å²) in [5.41, 5.74) is 7.87. The van der Waals surface area contributed by atoms with Gasteiger partial charge in [-0.15, -0.1) is 0 Å². The van der Waals surface area contributed by atoms with Crippen molar-refractivity contribution in [3.63, 3.8) is 0 Å². The SMILES string of the molecule is NCCc1c2c(cc3[nH]ccc13)OCCO2. The summed E-state index contributed by atoms with van der Waals surface area (Å²) in [6, 6.07) is 4.04. The van der Waals surface area contributed by atoms with Gasteiger partial charge in [0.05, 0.1) is 0 Å². The Kier molecular flexibility index (Phi) is 2.22. The van der Waals surface area contributed by atoms with E-state index in [2.05, 4.69) is 11.1 Å². The molecule has 4 heteroatoms. The molecule has 4 nitrogen and oxygen atoms in total. The number of aromatic nitrogens is 1. The van der Waals surface area contributed by atoms with E-state index in [0.717, 1.165) is 29.0 Å². The highest BCUT2D eigenvalue weighted by molar-refractivity contribution is 5.87. The van der Waals surface area contributed by atoms with Crippen LogP contribution in [0.15, 0.2) is 18.3 Å². The highest BCUT2D eigenvalue weighted by Gasteiger charge is 2.19. The average molecular weight is 218 g/mol. The number of nitrogens with one attached hydrogen (secondary N) is 1. The second-order valence-electron chi connectivity index (χ2n) is 3.86. The molecule has 0 atom stereocenters. The number of ether oxygens (including phenoxy) is 2. The Balaban J connectivity index is 2.26. The Hall–Kier alpha value is -1.68. The van der Waals surface area contributed by atoms with E-state index in [-0.39, 0.29) is 0 Å². The van der Waals surface area contributed by atoms with Crippen LogP contribution in [-0.4, -0.2) is 24.7 Å². The van der Waals surface area contributed by atoms with Gasteiger partial charge in [0, 0.05) is 28.7 Å². The van der Waals surface area contributed by atoms with Crippen LogP contribution in [0.4, 0.5) is 0 Å². The molecule has 0 fully saturated rings. The molecule has 0 aliphatic carbocycles. The Labute approximate surface area is 93.3 Å². The first kappa shape index (κ1) is 9.54. The molecule has 0 spiro atoms. The molecule has 3 rings (SSSR count). The largest absolute Gasteiger partial charge is 0.486 e. The lowest BCUT2D eigenvalue weighted by Crippen LogP contribution is -2.17. The lowest BCUT2D eigenvalue weighted by molar-refractivity contribution is 0.170. The van der Waals surface area contributed by atoms with Crippen LogP contribution < -0.4 is 15.2 Å². The van der Waals surface area contributed by atoms with E-state index in [9.17, 15) is 0 Å². The zero-order valence-electron chi connectivity index (χ0n) is 8.95. The molecule has 1 aromatic heterocycles. The third-order valence-electron chi connectivity index (χ3n) is 2.86. The van der Waals surface area contributed by atoms with Crippen molar-refractivity contribution in [1.29, 1.82) is 0 Å². The Bertz CT molecular complexity index is 519. The van der Waals surface area contributed by atoms with Crippen molar-refractivity contribution >= 4 is 10.9 Å². The van der Waals surface area contributed by atoms with Crippen LogP contribution in [0.2, 0.25) is 0 Å². The normalized spacial score (nSPS) is 14.3. The van der Waals surface area contributed by atoms with Crippen LogP contribution in [0.1, 0.15) is 5.56 Å². The van der Waals surface area contributed by atoms with Crippen molar-refractivity contribution in [3.05, 3.63) is 23.9 Å². The van der Waals surface area contributed by atoms with Crippen molar-refractivity contribution in [1.82, 2.24) is 4.98 Å². The second-order valence-corrected chi connectivity index (χ2v) is 3.86. The summed E-state index contributed by atoms with van der Waals surface area (Å²) in [4.78, 5) is 3.19. The van der Waals surface area contributed by atoms with E-state index >= 15 is 0 Å². The summed E-state index contributed by atoms with van der Waals surface area (Å²) in [7, 11) is 0. The molecular weight excluding hydrogens is 204 g/mol. The third-order valence-corrected chi connectivity index (χ3v) is 2.86. The van der Waals surface area contributed by atoms with Crippen LogP contribution in [0.3, 0.4) is 0 Å². The Morgan fingerprint density at radius 2 is 2.19 bits per heavy atom. The van der Waals surface area contributed by atoms with Gasteiger partial charge in [0.1, 0.15) is 13.2 Å². The van der Waals surface area contributed by atoms with E-state index in [1.165, 1.54) is 5.39 Å². The predicted octanol–water partition coefficient (Wildman–Crippen LogP) is 1.44. The van der Waals surface area contributed by atoms with Crippen molar-refractivity contribution in [2.45, 2.75) is 6.42 Å². The van der Waals surface area contributed by atoms with Crippen molar-refractivity contribution in [2.75, 3.05) is 19.8 Å². The number of hydrogen-bond donors (Lipinski definition) is 2. The van der Waals surface area contributed by atoms with Gasteiger partial charge >= 0.3 is 0 Å². The number of nitrogens with two attached hydrogens (primary N) is 1. The summed E-state index contributed by atoms with van der Waals surface area (Å²) >= 11 is 0. The van der Waals surface area contributed by atoms with Crippen molar-refractivity contribution in [2.24, 2.45) is 5.73 Å². The van der Waals surface area contributed by atoms with Crippen LogP contribution in [-0.2, 0) is 6.42 Å². The Morgan fingerprint density at radius 1 is 1.31 bits per heavy atom. The molecule has 1 aliphatic heterocycles. The Morgan fingerprint density at radius 3 is 3.06 bits per heavy atom. The number of aromatic amines is 1. The molecule has 0 amide bonds. The van der Waals surface area contributed by atoms with E-state index < -0.39 is 0 Å². The number of benzene rings is 1. The maximum Gasteiger partial charge on any atom is 0.165 e. The highest BCUT2D eigenvalue weighted by atomic mass is 16.6. The maximum atomic E-state index is 5.69. The summed E-state index contributed by atoms with van der Waals surface area (Å²) in [6.07, 6.45) is 2.73. The van der Waals surface area contributed by atoms with E-state index in [1.54, 1.807) is 0 Å². The summed E-state index contributed by atoms with van der Waals surface area (Å²) in [6.45, 7) is 1.84. The molecule has 84 valence electrons. The highest BCUT2D eigenvalue weighted by Crippen LogP contribution is 2.39.